The van der Waals surface area contributed by atoms with Crippen molar-refractivity contribution in [3.05, 3.63) is 59.8 Å². The van der Waals surface area contributed by atoms with E-state index >= 15 is 0 Å². The second-order valence-corrected chi connectivity index (χ2v) is 6.76. The molecule has 4 rings (SSSR count). The molecule has 3 nitrogen and oxygen atoms in total. The predicted molar refractivity (Wildman–Crippen MR) is 94.5 cm³/mol. The fourth-order valence-electron chi connectivity index (χ4n) is 3.94. The van der Waals surface area contributed by atoms with Gasteiger partial charge in [-0.2, -0.15) is 0 Å². The minimum atomic E-state index is 0.523. The van der Waals surface area contributed by atoms with Crippen LogP contribution in [0.3, 0.4) is 0 Å². The van der Waals surface area contributed by atoms with Gasteiger partial charge in [0.1, 0.15) is 5.82 Å². The van der Waals surface area contributed by atoms with Crippen LogP contribution in [0.25, 0.3) is 0 Å². The fourth-order valence-corrected chi connectivity index (χ4v) is 3.94. The zero-order chi connectivity index (χ0) is 15.5. The summed E-state index contributed by atoms with van der Waals surface area (Å²) < 4.78 is 0. The second-order valence-electron chi connectivity index (χ2n) is 6.76. The van der Waals surface area contributed by atoms with Crippen LogP contribution in [0.1, 0.15) is 42.9 Å². The molecule has 0 aliphatic carbocycles. The number of hydrogen-bond donors (Lipinski definition) is 0. The van der Waals surface area contributed by atoms with Crippen LogP contribution in [-0.2, 0) is 6.54 Å². The molecule has 1 aromatic carbocycles. The minimum Gasteiger partial charge on any atom is -0.357 e. The zero-order valence-corrected chi connectivity index (χ0v) is 13.7. The fraction of sp³-hybridized carbons (Fsp3) is 0.450. The highest BCUT2D eigenvalue weighted by molar-refractivity contribution is 5.40. The largest absolute Gasteiger partial charge is 0.357 e. The normalized spacial score (nSPS) is 21.9. The lowest BCUT2D eigenvalue weighted by atomic mass is 10.1. The maximum atomic E-state index is 4.75. The van der Waals surface area contributed by atoms with Crippen LogP contribution < -0.4 is 4.90 Å². The molecule has 0 spiro atoms. The number of hydrogen-bond acceptors (Lipinski definition) is 3. The lowest BCUT2D eigenvalue weighted by molar-refractivity contribution is 0.248. The monoisotopic (exact) mass is 307 g/mol. The standard InChI is InChI=1S/C20H25N3/c1-2-7-17(8-3-1)16-23-14-6-9-19(23)18-10-11-20(21-15-18)22-12-4-5-13-22/h1-3,7-8,10-11,15,19H,4-6,9,12-14,16H2/t19-/m0/s1. The molecule has 0 amide bonds. The first kappa shape index (κ1) is 14.7. The first-order valence-electron chi connectivity index (χ1n) is 8.89. The van der Waals surface area contributed by atoms with Crippen molar-refractivity contribution in [3.8, 4) is 0 Å². The topological polar surface area (TPSA) is 19.4 Å². The van der Waals surface area contributed by atoms with Gasteiger partial charge < -0.3 is 4.90 Å². The molecule has 0 unspecified atom stereocenters. The summed E-state index contributed by atoms with van der Waals surface area (Å²) in [5, 5.41) is 0. The van der Waals surface area contributed by atoms with Crippen LogP contribution in [-0.4, -0.2) is 29.5 Å². The average Bonchev–Trinajstić information content (AvgIpc) is 3.28. The quantitative estimate of drug-likeness (QED) is 0.850. The van der Waals surface area contributed by atoms with Crippen molar-refractivity contribution in [2.45, 2.75) is 38.3 Å². The van der Waals surface area contributed by atoms with Crippen LogP contribution in [0.2, 0.25) is 0 Å². The molecule has 1 atom stereocenters. The molecule has 1 aromatic heterocycles. The van der Waals surface area contributed by atoms with Gasteiger partial charge in [0.25, 0.3) is 0 Å². The number of benzene rings is 1. The maximum absolute atomic E-state index is 4.75. The SMILES string of the molecule is c1ccc(CN2CCC[C@H]2c2ccc(N3CCCC3)nc2)cc1. The number of likely N-dealkylation sites (tertiary alicyclic amines) is 1. The van der Waals surface area contributed by atoms with Crippen LogP contribution in [0.5, 0.6) is 0 Å². The predicted octanol–water partition coefficient (Wildman–Crippen LogP) is 4.02. The third kappa shape index (κ3) is 3.25. The lowest BCUT2D eigenvalue weighted by Gasteiger charge is -2.25. The molecule has 0 N–H and O–H groups in total. The van der Waals surface area contributed by atoms with Gasteiger partial charge in [0.2, 0.25) is 0 Å². The second kappa shape index (κ2) is 6.71. The molecule has 2 aliphatic rings. The molecule has 2 saturated heterocycles. The minimum absolute atomic E-state index is 0.523. The smallest absolute Gasteiger partial charge is 0.128 e. The lowest BCUT2D eigenvalue weighted by Crippen LogP contribution is -2.23. The molecule has 0 radical (unpaired) electrons. The summed E-state index contributed by atoms with van der Waals surface area (Å²) in [7, 11) is 0. The average molecular weight is 307 g/mol. The number of anilines is 1. The van der Waals surface area contributed by atoms with E-state index in [2.05, 4.69) is 58.5 Å². The Balaban J connectivity index is 1.47. The maximum Gasteiger partial charge on any atom is 0.128 e. The number of nitrogens with zero attached hydrogens (tertiary/aromatic N) is 3. The van der Waals surface area contributed by atoms with E-state index < -0.39 is 0 Å². The van der Waals surface area contributed by atoms with E-state index in [1.165, 1.54) is 43.4 Å². The Kier molecular flexibility index (Phi) is 4.29. The van der Waals surface area contributed by atoms with Gasteiger partial charge in [-0.15, -0.1) is 0 Å². The highest BCUT2D eigenvalue weighted by Crippen LogP contribution is 2.33. The molecule has 3 heteroatoms. The molecule has 2 fully saturated rings. The first-order valence-corrected chi connectivity index (χ1v) is 8.89. The van der Waals surface area contributed by atoms with E-state index in [-0.39, 0.29) is 0 Å². The Morgan fingerprint density at radius 1 is 0.913 bits per heavy atom. The van der Waals surface area contributed by atoms with Crippen LogP contribution in [0.15, 0.2) is 48.7 Å². The molecular formula is C20H25N3. The molecule has 120 valence electrons. The van der Waals surface area contributed by atoms with E-state index in [1.807, 2.05) is 0 Å². The van der Waals surface area contributed by atoms with Crippen molar-refractivity contribution in [1.29, 1.82) is 0 Å². The van der Waals surface area contributed by atoms with Gasteiger partial charge in [-0.05, 0) is 49.4 Å². The number of rotatable bonds is 4. The Labute approximate surface area is 139 Å². The number of pyridine rings is 1. The third-order valence-electron chi connectivity index (χ3n) is 5.18. The van der Waals surface area contributed by atoms with Crippen LogP contribution >= 0.6 is 0 Å². The van der Waals surface area contributed by atoms with E-state index in [9.17, 15) is 0 Å². The third-order valence-corrected chi connectivity index (χ3v) is 5.18. The van der Waals surface area contributed by atoms with Crippen molar-refractivity contribution in [2.24, 2.45) is 0 Å². The number of aromatic nitrogens is 1. The molecule has 2 aliphatic heterocycles. The molecule has 2 aromatic rings. The summed E-state index contributed by atoms with van der Waals surface area (Å²) in [4.78, 5) is 9.75. The van der Waals surface area contributed by atoms with Crippen molar-refractivity contribution in [2.75, 3.05) is 24.5 Å². The molecule has 23 heavy (non-hydrogen) atoms. The Morgan fingerprint density at radius 2 is 1.74 bits per heavy atom. The highest BCUT2D eigenvalue weighted by atomic mass is 15.2. The van der Waals surface area contributed by atoms with Crippen LogP contribution in [0, 0.1) is 0 Å². The van der Waals surface area contributed by atoms with Gasteiger partial charge in [-0.1, -0.05) is 36.4 Å². The summed E-state index contributed by atoms with van der Waals surface area (Å²) >= 11 is 0. The molecule has 0 bridgehead atoms. The van der Waals surface area contributed by atoms with Gasteiger partial charge >= 0.3 is 0 Å². The van der Waals surface area contributed by atoms with Gasteiger partial charge in [0, 0.05) is 31.9 Å². The van der Waals surface area contributed by atoms with Gasteiger partial charge in [-0.25, -0.2) is 4.98 Å². The molecule has 3 heterocycles. The highest BCUT2D eigenvalue weighted by Gasteiger charge is 2.26. The van der Waals surface area contributed by atoms with Gasteiger partial charge in [0.15, 0.2) is 0 Å². The van der Waals surface area contributed by atoms with Crippen molar-refractivity contribution in [1.82, 2.24) is 9.88 Å². The summed E-state index contributed by atoms with van der Waals surface area (Å²) in [5.74, 6) is 1.15. The zero-order valence-electron chi connectivity index (χ0n) is 13.7. The van der Waals surface area contributed by atoms with E-state index in [1.54, 1.807) is 0 Å². The molecule has 0 saturated carbocycles. The first-order chi connectivity index (χ1) is 11.4. The van der Waals surface area contributed by atoms with Crippen LogP contribution in [0.4, 0.5) is 5.82 Å². The van der Waals surface area contributed by atoms with Crippen molar-refractivity contribution in [3.63, 3.8) is 0 Å². The van der Waals surface area contributed by atoms with Crippen molar-refractivity contribution >= 4 is 5.82 Å². The summed E-state index contributed by atoms with van der Waals surface area (Å²) in [6.45, 7) is 4.55. The Bertz CT molecular complexity index is 617. The summed E-state index contributed by atoms with van der Waals surface area (Å²) in [6, 6.07) is 15.9. The van der Waals surface area contributed by atoms with E-state index in [0.717, 1.165) is 25.5 Å². The van der Waals surface area contributed by atoms with E-state index in [0.29, 0.717) is 6.04 Å². The Hall–Kier alpha value is -1.87. The summed E-state index contributed by atoms with van der Waals surface area (Å²) in [5.41, 5.74) is 2.78. The molecular weight excluding hydrogens is 282 g/mol. The summed E-state index contributed by atoms with van der Waals surface area (Å²) in [6.07, 6.45) is 7.25. The van der Waals surface area contributed by atoms with E-state index in [4.69, 9.17) is 4.98 Å². The van der Waals surface area contributed by atoms with Gasteiger partial charge in [-0.3, -0.25) is 4.90 Å². The van der Waals surface area contributed by atoms with Gasteiger partial charge in [0.05, 0.1) is 0 Å². The van der Waals surface area contributed by atoms with Crippen molar-refractivity contribution < 1.29 is 0 Å². The Morgan fingerprint density at radius 3 is 2.48 bits per heavy atom.